The van der Waals surface area contributed by atoms with Gasteiger partial charge in [-0.25, -0.2) is 0 Å². The monoisotopic (exact) mass is 224 g/mol. The lowest BCUT2D eigenvalue weighted by Gasteiger charge is -2.00. The molecule has 4 nitrogen and oxygen atoms in total. The van der Waals surface area contributed by atoms with E-state index in [0.717, 1.165) is 37.2 Å². The predicted molar refractivity (Wildman–Crippen MR) is 63.4 cm³/mol. The lowest BCUT2D eigenvalue weighted by atomic mass is 10.3. The summed E-state index contributed by atoms with van der Waals surface area (Å²) in [5.74, 6) is 0. The first-order chi connectivity index (χ1) is 7.72. The Morgan fingerprint density at radius 3 is 3.12 bits per heavy atom. The number of hydrogen-bond donors (Lipinski definition) is 1. The fraction of sp³-hybridized carbons (Fsp3) is 0.583. The van der Waals surface area contributed by atoms with Crippen LogP contribution in [-0.4, -0.2) is 18.1 Å². The molecule has 1 aromatic heterocycles. The summed E-state index contributed by atoms with van der Waals surface area (Å²) in [5, 5.41) is 3.25. The van der Waals surface area contributed by atoms with Gasteiger partial charge in [0.05, 0.1) is 12.3 Å². The predicted octanol–water partition coefficient (Wildman–Crippen LogP) is 2.52. The zero-order chi connectivity index (χ0) is 11.8. The molecule has 1 heterocycles. The molecule has 0 aromatic carbocycles. The van der Waals surface area contributed by atoms with E-state index < -0.39 is 0 Å². The van der Waals surface area contributed by atoms with Gasteiger partial charge in [-0.1, -0.05) is 12.5 Å². The second-order valence-corrected chi connectivity index (χ2v) is 3.84. The van der Waals surface area contributed by atoms with Crippen LogP contribution in [0.2, 0.25) is 0 Å². The van der Waals surface area contributed by atoms with Gasteiger partial charge in [-0.3, -0.25) is 0 Å². The standard InChI is InChI=1S/C12H20N2O2/c1-4-6-13-8-11-9-16-12(14-11)15-7-5-10(2)3/h9,13H,2,4-8H2,1,3H3. The highest BCUT2D eigenvalue weighted by Gasteiger charge is 2.04. The number of aromatic nitrogens is 1. The fourth-order valence-corrected chi connectivity index (χ4v) is 1.14. The summed E-state index contributed by atoms with van der Waals surface area (Å²) >= 11 is 0. The highest BCUT2D eigenvalue weighted by molar-refractivity contribution is 4.99. The van der Waals surface area contributed by atoms with Crippen LogP contribution in [0.1, 0.15) is 32.4 Å². The number of nitrogens with one attached hydrogen (secondary N) is 1. The van der Waals surface area contributed by atoms with Gasteiger partial charge in [0.25, 0.3) is 0 Å². The first-order valence-corrected chi connectivity index (χ1v) is 5.64. The quantitative estimate of drug-likeness (QED) is 0.544. The van der Waals surface area contributed by atoms with Gasteiger partial charge in [0.1, 0.15) is 6.26 Å². The van der Waals surface area contributed by atoms with Crippen LogP contribution < -0.4 is 10.1 Å². The van der Waals surface area contributed by atoms with Crippen molar-refractivity contribution in [3.63, 3.8) is 0 Å². The Morgan fingerprint density at radius 1 is 1.62 bits per heavy atom. The average molecular weight is 224 g/mol. The van der Waals surface area contributed by atoms with Crippen molar-refractivity contribution >= 4 is 0 Å². The number of ether oxygens (including phenoxy) is 1. The molecule has 1 rings (SSSR count). The van der Waals surface area contributed by atoms with E-state index in [2.05, 4.69) is 23.8 Å². The molecule has 0 bridgehead atoms. The Bertz CT molecular complexity index is 321. The zero-order valence-corrected chi connectivity index (χ0v) is 10.1. The van der Waals surface area contributed by atoms with E-state index in [1.54, 1.807) is 6.26 Å². The fourth-order valence-electron chi connectivity index (χ4n) is 1.14. The molecule has 0 aliphatic rings. The van der Waals surface area contributed by atoms with Crippen LogP contribution in [0.15, 0.2) is 22.8 Å². The van der Waals surface area contributed by atoms with E-state index in [1.165, 1.54) is 0 Å². The van der Waals surface area contributed by atoms with Crippen LogP contribution in [0, 0.1) is 0 Å². The molecule has 0 fully saturated rings. The maximum atomic E-state index is 5.34. The van der Waals surface area contributed by atoms with Crippen molar-refractivity contribution in [2.45, 2.75) is 33.2 Å². The first-order valence-electron chi connectivity index (χ1n) is 5.64. The summed E-state index contributed by atoms with van der Waals surface area (Å²) in [5.41, 5.74) is 1.97. The summed E-state index contributed by atoms with van der Waals surface area (Å²) in [6.07, 6.45) is 3.90. The lowest BCUT2D eigenvalue weighted by molar-refractivity contribution is 0.233. The third kappa shape index (κ3) is 4.98. The minimum atomic E-state index is 0.342. The van der Waals surface area contributed by atoms with Crippen molar-refractivity contribution in [1.29, 1.82) is 0 Å². The van der Waals surface area contributed by atoms with Crippen LogP contribution in [0.25, 0.3) is 0 Å². The maximum Gasteiger partial charge on any atom is 0.393 e. The number of hydrogen-bond acceptors (Lipinski definition) is 4. The average Bonchev–Trinajstić information content (AvgIpc) is 2.66. The molecule has 0 radical (unpaired) electrons. The molecule has 0 saturated carbocycles. The van der Waals surface area contributed by atoms with Crippen LogP contribution in [0.5, 0.6) is 6.08 Å². The summed E-state index contributed by atoms with van der Waals surface area (Å²) in [7, 11) is 0. The Labute approximate surface area is 96.7 Å². The van der Waals surface area contributed by atoms with Gasteiger partial charge >= 0.3 is 6.08 Å². The van der Waals surface area contributed by atoms with Crippen molar-refractivity contribution in [2.24, 2.45) is 0 Å². The minimum Gasteiger partial charge on any atom is -0.450 e. The molecule has 0 atom stereocenters. The van der Waals surface area contributed by atoms with Crippen LogP contribution in [0.3, 0.4) is 0 Å². The summed E-state index contributed by atoms with van der Waals surface area (Å²) in [6, 6.07) is 0. The molecule has 0 saturated heterocycles. The molecule has 0 spiro atoms. The van der Waals surface area contributed by atoms with Gasteiger partial charge in [0, 0.05) is 13.0 Å². The molecular formula is C12H20N2O2. The summed E-state index contributed by atoms with van der Waals surface area (Å²) in [6.45, 7) is 10.2. The summed E-state index contributed by atoms with van der Waals surface area (Å²) < 4.78 is 10.5. The molecule has 1 N–H and O–H groups in total. The molecule has 0 unspecified atom stereocenters. The van der Waals surface area contributed by atoms with E-state index in [-0.39, 0.29) is 0 Å². The highest BCUT2D eigenvalue weighted by Crippen LogP contribution is 2.10. The first kappa shape index (κ1) is 12.8. The topological polar surface area (TPSA) is 47.3 Å². The third-order valence-corrected chi connectivity index (χ3v) is 2.02. The van der Waals surface area contributed by atoms with Crippen molar-refractivity contribution in [3.8, 4) is 6.08 Å². The SMILES string of the molecule is C=C(C)CCOc1nc(CNCCC)co1. The van der Waals surface area contributed by atoms with E-state index in [9.17, 15) is 0 Å². The van der Waals surface area contributed by atoms with Crippen LogP contribution in [0.4, 0.5) is 0 Å². The Hall–Kier alpha value is -1.29. The van der Waals surface area contributed by atoms with Gasteiger partial charge in [-0.2, -0.15) is 4.98 Å². The van der Waals surface area contributed by atoms with Crippen molar-refractivity contribution in [3.05, 3.63) is 24.1 Å². The van der Waals surface area contributed by atoms with Crippen LogP contribution >= 0.6 is 0 Å². The van der Waals surface area contributed by atoms with E-state index in [0.29, 0.717) is 12.7 Å². The smallest absolute Gasteiger partial charge is 0.393 e. The normalized spacial score (nSPS) is 10.4. The van der Waals surface area contributed by atoms with Gasteiger partial charge in [0.15, 0.2) is 0 Å². The molecular weight excluding hydrogens is 204 g/mol. The van der Waals surface area contributed by atoms with Gasteiger partial charge < -0.3 is 14.5 Å². The van der Waals surface area contributed by atoms with E-state index in [4.69, 9.17) is 9.15 Å². The molecule has 4 heteroatoms. The largest absolute Gasteiger partial charge is 0.450 e. The highest BCUT2D eigenvalue weighted by atomic mass is 16.6. The second-order valence-electron chi connectivity index (χ2n) is 3.84. The minimum absolute atomic E-state index is 0.342. The number of nitrogens with zero attached hydrogens (tertiary/aromatic N) is 1. The number of rotatable bonds is 8. The van der Waals surface area contributed by atoms with E-state index in [1.807, 2.05) is 6.92 Å². The molecule has 0 aliphatic carbocycles. The zero-order valence-electron chi connectivity index (χ0n) is 10.1. The lowest BCUT2D eigenvalue weighted by Crippen LogP contribution is -2.13. The Morgan fingerprint density at radius 2 is 2.44 bits per heavy atom. The van der Waals surface area contributed by atoms with Gasteiger partial charge in [0.2, 0.25) is 0 Å². The van der Waals surface area contributed by atoms with Crippen molar-refractivity contribution in [2.75, 3.05) is 13.2 Å². The summed E-state index contributed by atoms with van der Waals surface area (Å²) in [4.78, 5) is 4.20. The van der Waals surface area contributed by atoms with Crippen LogP contribution in [-0.2, 0) is 6.54 Å². The molecule has 0 amide bonds. The van der Waals surface area contributed by atoms with Crippen molar-refractivity contribution < 1.29 is 9.15 Å². The third-order valence-electron chi connectivity index (χ3n) is 2.02. The van der Waals surface area contributed by atoms with Crippen molar-refractivity contribution in [1.82, 2.24) is 10.3 Å². The molecule has 90 valence electrons. The molecule has 16 heavy (non-hydrogen) atoms. The Kier molecular flexibility index (Phi) is 5.64. The maximum absolute atomic E-state index is 5.34. The molecule has 0 aliphatic heterocycles. The second kappa shape index (κ2) is 7.06. The Balaban J connectivity index is 2.25. The van der Waals surface area contributed by atoms with Gasteiger partial charge in [-0.15, -0.1) is 6.58 Å². The molecule has 1 aromatic rings. The van der Waals surface area contributed by atoms with E-state index >= 15 is 0 Å². The number of oxazole rings is 1. The van der Waals surface area contributed by atoms with Gasteiger partial charge in [-0.05, 0) is 19.9 Å².